The molecule has 1 heterocycles. The molecule has 2 aromatic rings. The summed E-state index contributed by atoms with van der Waals surface area (Å²) in [6, 6.07) is 4.14. The van der Waals surface area contributed by atoms with Gasteiger partial charge in [-0.2, -0.15) is 13.2 Å². The molecule has 1 aromatic carbocycles. The molecule has 0 saturated carbocycles. The Morgan fingerprint density at radius 2 is 1.91 bits per heavy atom. The molecule has 22 heavy (non-hydrogen) atoms. The van der Waals surface area contributed by atoms with Crippen LogP contribution in [0.25, 0.3) is 11.1 Å². The summed E-state index contributed by atoms with van der Waals surface area (Å²) in [4.78, 5) is 18.9. The van der Waals surface area contributed by atoms with E-state index in [9.17, 15) is 18.0 Å². The van der Waals surface area contributed by atoms with Crippen molar-refractivity contribution in [3.8, 4) is 22.9 Å². The zero-order valence-corrected chi connectivity index (χ0v) is 11.4. The predicted octanol–water partition coefficient (Wildman–Crippen LogP) is 2.91. The number of aldehydes is 1. The van der Waals surface area contributed by atoms with Gasteiger partial charge in [0.1, 0.15) is 5.75 Å². The number of alkyl halides is 3. The highest BCUT2D eigenvalue weighted by Gasteiger charge is 2.28. The lowest BCUT2D eigenvalue weighted by Crippen LogP contribution is -2.19. The van der Waals surface area contributed by atoms with E-state index in [1.165, 1.54) is 37.7 Å². The molecular weight excluding hydrogens is 301 g/mol. The second-order valence-electron chi connectivity index (χ2n) is 4.23. The van der Waals surface area contributed by atoms with Gasteiger partial charge in [0.15, 0.2) is 12.9 Å². The monoisotopic (exact) mass is 312 g/mol. The number of carbonyl (C=O) groups excluding carboxylic acids is 1. The minimum absolute atomic E-state index is 0.00579. The van der Waals surface area contributed by atoms with Gasteiger partial charge in [0.05, 0.1) is 7.11 Å². The van der Waals surface area contributed by atoms with Gasteiger partial charge in [-0.25, -0.2) is 9.97 Å². The Kier molecular flexibility index (Phi) is 4.59. The Labute approximate surface area is 123 Å². The molecule has 0 spiro atoms. The van der Waals surface area contributed by atoms with Gasteiger partial charge in [0, 0.05) is 23.5 Å². The molecule has 0 amide bonds. The smallest absolute Gasteiger partial charge is 0.422 e. The maximum Gasteiger partial charge on any atom is 0.422 e. The lowest BCUT2D eigenvalue weighted by Gasteiger charge is -2.11. The lowest BCUT2D eigenvalue weighted by atomic mass is 10.0. The highest BCUT2D eigenvalue weighted by Crippen LogP contribution is 2.28. The van der Waals surface area contributed by atoms with Gasteiger partial charge in [-0.15, -0.1) is 0 Å². The third-order valence-electron chi connectivity index (χ3n) is 2.68. The van der Waals surface area contributed by atoms with Crippen LogP contribution in [-0.2, 0) is 0 Å². The Morgan fingerprint density at radius 3 is 2.45 bits per heavy atom. The number of nitrogens with zero attached hydrogens (tertiary/aromatic N) is 2. The van der Waals surface area contributed by atoms with Gasteiger partial charge in [-0.05, 0) is 23.8 Å². The van der Waals surface area contributed by atoms with E-state index in [1.807, 2.05) is 0 Å². The highest BCUT2D eigenvalue weighted by molar-refractivity contribution is 5.87. The van der Waals surface area contributed by atoms with Crippen molar-refractivity contribution in [2.24, 2.45) is 0 Å². The molecule has 2 rings (SSSR count). The van der Waals surface area contributed by atoms with Gasteiger partial charge < -0.3 is 9.47 Å². The number of rotatable bonds is 5. The molecule has 0 aliphatic rings. The van der Waals surface area contributed by atoms with Crippen LogP contribution in [0.2, 0.25) is 0 Å². The molecule has 116 valence electrons. The van der Waals surface area contributed by atoms with Crippen molar-refractivity contribution in [2.75, 3.05) is 13.7 Å². The zero-order chi connectivity index (χ0) is 16.2. The van der Waals surface area contributed by atoms with Crippen LogP contribution >= 0.6 is 0 Å². The minimum Gasteiger partial charge on any atom is -0.484 e. The van der Waals surface area contributed by atoms with E-state index in [0.717, 1.165) is 0 Å². The first-order chi connectivity index (χ1) is 10.4. The molecule has 0 bridgehead atoms. The van der Waals surface area contributed by atoms with E-state index in [-0.39, 0.29) is 17.3 Å². The van der Waals surface area contributed by atoms with Crippen LogP contribution < -0.4 is 9.47 Å². The number of halogens is 3. The van der Waals surface area contributed by atoms with Crippen molar-refractivity contribution in [1.82, 2.24) is 9.97 Å². The summed E-state index contributed by atoms with van der Waals surface area (Å²) in [5.74, 6) is -0.00579. The van der Waals surface area contributed by atoms with E-state index in [0.29, 0.717) is 17.4 Å². The summed E-state index contributed by atoms with van der Waals surface area (Å²) in [6.07, 6.45) is -1.04. The maximum atomic E-state index is 12.2. The molecule has 8 heteroatoms. The summed E-state index contributed by atoms with van der Waals surface area (Å²) in [6.45, 7) is -1.41. The second-order valence-corrected chi connectivity index (χ2v) is 4.23. The van der Waals surface area contributed by atoms with Gasteiger partial charge in [0.2, 0.25) is 0 Å². The average Bonchev–Trinajstić information content (AvgIpc) is 2.52. The summed E-state index contributed by atoms with van der Waals surface area (Å²) >= 11 is 0. The van der Waals surface area contributed by atoms with Crippen LogP contribution in [0.3, 0.4) is 0 Å². The molecule has 1 aromatic heterocycles. The van der Waals surface area contributed by atoms with Crippen LogP contribution in [0.4, 0.5) is 13.2 Å². The first-order valence-corrected chi connectivity index (χ1v) is 6.08. The fourth-order valence-electron chi connectivity index (χ4n) is 1.70. The molecule has 0 fully saturated rings. The molecule has 0 aliphatic carbocycles. The highest BCUT2D eigenvalue weighted by atomic mass is 19.4. The number of methoxy groups -OCH3 is 1. The second kappa shape index (κ2) is 6.42. The summed E-state index contributed by atoms with van der Waals surface area (Å²) in [7, 11) is 1.40. The molecule has 5 nitrogen and oxygen atoms in total. The van der Waals surface area contributed by atoms with E-state index in [4.69, 9.17) is 4.74 Å². The minimum atomic E-state index is -4.44. The predicted molar refractivity (Wildman–Crippen MR) is 71.0 cm³/mol. The number of hydrogen-bond acceptors (Lipinski definition) is 5. The first-order valence-electron chi connectivity index (χ1n) is 6.08. The zero-order valence-electron chi connectivity index (χ0n) is 11.4. The fourth-order valence-corrected chi connectivity index (χ4v) is 1.70. The van der Waals surface area contributed by atoms with Crippen LogP contribution in [0.5, 0.6) is 11.8 Å². The van der Waals surface area contributed by atoms with Gasteiger partial charge >= 0.3 is 12.2 Å². The summed E-state index contributed by atoms with van der Waals surface area (Å²) in [5, 5.41) is 0. The number of benzene rings is 1. The number of ether oxygens (including phenoxy) is 2. The standard InChI is InChI=1S/C14H11F3N2O3/c1-21-13-18-5-10(6-19-13)12-4-11(3-2-9(12)7-20)22-8-14(15,16)17/h2-7H,8H2,1H3. The Balaban J connectivity index is 2.33. The topological polar surface area (TPSA) is 61.3 Å². The normalized spacial score (nSPS) is 11.1. The lowest BCUT2D eigenvalue weighted by molar-refractivity contribution is -0.153. The van der Waals surface area contributed by atoms with Crippen LogP contribution in [0, 0.1) is 0 Å². The number of carbonyl (C=O) groups is 1. The third kappa shape index (κ3) is 3.94. The Hall–Kier alpha value is -2.64. The van der Waals surface area contributed by atoms with Crippen molar-refractivity contribution >= 4 is 6.29 Å². The van der Waals surface area contributed by atoms with Crippen molar-refractivity contribution in [2.45, 2.75) is 6.18 Å². The molecule has 0 N–H and O–H groups in total. The largest absolute Gasteiger partial charge is 0.484 e. The van der Waals surface area contributed by atoms with E-state index in [2.05, 4.69) is 14.7 Å². The van der Waals surface area contributed by atoms with Crippen LogP contribution in [0.15, 0.2) is 30.6 Å². The molecule has 0 radical (unpaired) electrons. The third-order valence-corrected chi connectivity index (χ3v) is 2.68. The summed E-state index contributed by atoms with van der Waals surface area (Å²) in [5.41, 5.74) is 1.12. The van der Waals surface area contributed by atoms with Crippen molar-refractivity contribution in [3.63, 3.8) is 0 Å². The molecular formula is C14H11F3N2O3. The molecule has 0 saturated heterocycles. The average molecular weight is 312 g/mol. The van der Waals surface area contributed by atoms with Gasteiger partial charge in [-0.1, -0.05) is 0 Å². The quantitative estimate of drug-likeness (QED) is 0.794. The van der Waals surface area contributed by atoms with Crippen molar-refractivity contribution in [1.29, 1.82) is 0 Å². The van der Waals surface area contributed by atoms with Gasteiger partial charge in [-0.3, -0.25) is 4.79 Å². The molecule has 0 unspecified atom stereocenters. The SMILES string of the molecule is COc1ncc(-c2cc(OCC(F)(F)F)ccc2C=O)cn1. The van der Waals surface area contributed by atoms with E-state index >= 15 is 0 Å². The van der Waals surface area contributed by atoms with Crippen molar-refractivity contribution < 1.29 is 27.4 Å². The van der Waals surface area contributed by atoms with Gasteiger partial charge in [0.25, 0.3) is 0 Å². The number of aromatic nitrogens is 2. The summed E-state index contributed by atoms with van der Waals surface area (Å²) < 4.78 is 46.0. The molecule has 0 atom stereocenters. The van der Waals surface area contributed by atoms with E-state index < -0.39 is 12.8 Å². The maximum absolute atomic E-state index is 12.2. The van der Waals surface area contributed by atoms with Crippen LogP contribution in [0.1, 0.15) is 10.4 Å². The molecule has 0 aliphatic heterocycles. The Bertz CT molecular complexity index is 657. The van der Waals surface area contributed by atoms with Crippen molar-refractivity contribution in [3.05, 3.63) is 36.2 Å². The van der Waals surface area contributed by atoms with E-state index in [1.54, 1.807) is 0 Å². The number of hydrogen-bond donors (Lipinski definition) is 0. The Morgan fingerprint density at radius 1 is 1.23 bits per heavy atom. The van der Waals surface area contributed by atoms with Crippen LogP contribution in [-0.4, -0.2) is 36.1 Å². The fraction of sp³-hybridized carbons (Fsp3) is 0.214. The first kappa shape index (κ1) is 15.7.